The Hall–Kier alpha value is -4.05. The van der Waals surface area contributed by atoms with Crippen molar-refractivity contribution < 1.29 is 18.4 Å². The SMILES string of the molecule is CN1C(=O)N(c2c(F)cc(C#Cc3cccnc3)cc2F)C(=O)C[C@]1(C)c1ccccc1. The van der Waals surface area contributed by atoms with Crippen LogP contribution in [0, 0.1) is 23.5 Å². The molecule has 3 aromatic rings. The molecule has 32 heavy (non-hydrogen) atoms. The highest BCUT2D eigenvalue weighted by Gasteiger charge is 2.47. The molecule has 0 N–H and O–H groups in total. The van der Waals surface area contributed by atoms with Crippen LogP contribution in [-0.2, 0) is 10.3 Å². The standard InChI is InChI=1S/C25H19F2N3O2/c1-25(19-8-4-3-5-9-19)15-22(31)30(24(32)29(25)2)23-20(26)13-18(14-21(23)27)11-10-17-7-6-12-28-16-17/h3-9,12-14,16H,15H2,1-2H3/t25-/m1/s1. The van der Waals surface area contributed by atoms with Crippen molar-refractivity contribution in [2.45, 2.75) is 18.9 Å². The molecular weight excluding hydrogens is 412 g/mol. The van der Waals surface area contributed by atoms with Crippen molar-refractivity contribution in [2.24, 2.45) is 0 Å². The van der Waals surface area contributed by atoms with Gasteiger partial charge >= 0.3 is 6.03 Å². The molecule has 0 unspecified atom stereocenters. The van der Waals surface area contributed by atoms with Gasteiger partial charge in [0.05, 0.1) is 12.0 Å². The van der Waals surface area contributed by atoms with Crippen LogP contribution in [0.5, 0.6) is 0 Å². The maximum absolute atomic E-state index is 14.9. The summed E-state index contributed by atoms with van der Waals surface area (Å²) in [5.41, 5.74) is -0.221. The molecular formula is C25H19F2N3O2. The third-order valence-corrected chi connectivity index (χ3v) is 5.61. The summed E-state index contributed by atoms with van der Waals surface area (Å²) in [6, 6.07) is 13.7. The van der Waals surface area contributed by atoms with E-state index in [2.05, 4.69) is 16.8 Å². The lowest BCUT2D eigenvalue weighted by molar-refractivity contribution is -0.122. The third kappa shape index (κ3) is 3.71. The van der Waals surface area contributed by atoms with E-state index in [0.717, 1.165) is 17.7 Å². The molecule has 1 aliphatic rings. The normalized spacial score (nSPS) is 18.4. The molecule has 1 aromatic heterocycles. The molecule has 1 aliphatic heterocycles. The lowest BCUT2D eigenvalue weighted by Crippen LogP contribution is -2.60. The van der Waals surface area contributed by atoms with Gasteiger partial charge in [-0.3, -0.25) is 9.78 Å². The van der Waals surface area contributed by atoms with Crippen LogP contribution in [0.15, 0.2) is 67.0 Å². The molecule has 3 amide bonds. The smallest absolute Gasteiger partial charge is 0.317 e. The first kappa shape index (κ1) is 21.2. The fourth-order valence-corrected chi connectivity index (χ4v) is 3.71. The van der Waals surface area contributed by atoms with Crippen LogP contribution in [0.2, 0.25) is 0 Å². The molecule has 160 valence electrons. The summed E-state index contributed by atoms with van der Waals surface area (Å²) >= 11 is 0. The van der Waals surface area contributed by atoms with Crippen LogP contribution in [0.25, 0.3) is 0 Å². The number of anilines is 1. The maximum Gasteiger partial charge on any atom is 0.332 e. The predicted octanol–water partition coefficient (Wildman–Crippen LogP) is 4.46. The molecule has 2 aromatic carbocycles. The third-order valence-electron chi connectivity index (χ3n) is 5.61. The highest BCUT2D eigenvalue weighted by Crippen LogP contribution is 2.38. The van der Waals surface area contributed by atoms with E-state index >= 15 is 0 Å². The van der Waals surface area contributed by atoms with Crippen molar-refractivity contribution >= 4 is 17.6 Å². The van der Waals surface area contributed by atoms with Gasteiger partial charge in [-0.15, -0.1) is 0 Å². The molecule has 1 atom stereocenters. The number of hydrogen-bond acceptors (Lipinski definition) is 3. The summed E-state index contributed by atoms with van der Waals surface area (Å²) in [5.74, 6) is 2.66. The van der Waals surface area contributed by atoms with E-state index in [0.29, 0.717) is 10.5 Å². The Morgan fingerprint density at radius 2 is 1.62 bits per heavy atom. The van der Waals surface area contributed by atoms with Gasteiger partial charge in [-0.2, -0.15) is 0 Å². The van der Waals surface area contributed by atoms with Gasteiger partial charge in [-0.05, 0) is 36.8 Å². The minimum Gasteiger partial charge on any atom is -0.317 e. The van der Waals surface area contributed by atoms with Crippen molar-refractivity contribution in [1.82, 2.24) is 9.88 Å². The lowest BCUT2D eigenvalue weighted by atomic mass is 9.85. The topological polar surface area (TPSA) is 53.5 Å². The highest BCUT2D eigenvalue weighted by atomic mass is 19.1. The molecule has 0 bridgehead atoms. The number of nitrogens with zero attached hydrogens (tertiary/aromatic N) is 3. The summed E-state index contributed by atoms with van der Waals surface area (Å²) in [6.45, 7) is 1.75. The molecule has 1 saturated heterocycles. The van der Waals surface area contributed by atoms with Gasteiger partial charge < -0.3 is 4.90 Å². The molecule has 0 spiro atoms. The van der Waals surface area contributed by atoms with Crippen molar-refractivity contribution in [3.63, 3.8) is 0 Å². The van der Waals surface area contributed by atoms with Crippen LogP contribution < -0.4 is 4.90 Å². The summed E-state index contributed by atoms with van der Waals surface area (Å²) in [7, 11) is 1.51. The van der Waals surface area contributed by atoms with Crippen LogP contribution in [0.1, 0.15) is 30.0 Å². The average Bonchev–Trinajstić information content (AvgIpc) is 2.79. The summed E-state index contributed by atoms with van der Waals surface area (Å²) in [5, 5.41) is 0. The molecule has 2 heterocycles. The summed E-state index contributed by atoms with van der Waals surface area (Å²) < 4.78 is 29.9. The first-order chi connectivity index (χ1) is 15.3. The zero-order valence-corrected chi connectivity index (χ0v) is 17.5. The zero-order chi connectivity index (χ0) is 22.9. The Balaban J connectivity index is 1.68. The molecule has 0 radical (unpaired) electrons. The number of amides is 3. The molecule has 7 heteroatoms. The number of hydrogen-bond donors (Lipinski definition) is 0. The number of halogens is 2. The second kappa shape index (κ2) is 8.23. The van der Waals surface area contributed by atoms with Gasteiger partial charge in [-0.25, -0.2) is 18.5 Å². The van der Waals surface area contributed by atoms with Gasteiger partial charge in [0.2, 0.25) is 5.91 Å². The van der Waals surface area contributed by atoms with Gasteiger partial charge in [0, 0.05) is 30.6 Å². The number of pyridine rings is 1. The number of urea groups is 1. The number of benzene rings is 2. The number of carbonyl (C=O) groups is 2. The fraction of sp³-hybridized carbons (Fsp3) is 0.160. The van der Waals surface area contributed by atoms with Crippen LogP contribution >= 0.6 is 0 Å². The largest absolute Gasteiger partial charge is 0.332 e. The van der Waals surface area contributed by atoms with Gasteiger partial charge in [0.15, 0.2) is 11.6 Å². The van der Waals surface area contributed by atoms with Gasteiger partial charge in [0.1, 0.15) is 5.69 Å². The molecule has 5 nitrogen and oxygen atoms in total. The van der Waals surface area contributed by atoms with Crippen molar-refractivity contribution in [3.05, 3.63) is 95.3 Å². The molecule has 0 aliphatic carbocycles. The highest BCUT2D eigenvalue weighted by molar-refractivity contribution is 6.16. The van der Waals surface area contributed by atoms with E-state index in [1.165, 1.54) is 18.1 Å². The molecule has 0 saturated carbocycles. The van der Waals surface area contributed by atoms with Crippen LogP contribution in [-0.4, -0.2) is 28.9 Å². The average molecular weight is 431 g/mol. The fourth-order valence-electron chi connectivity index (χ4n) is 3.71. The van der Waals surface area contributed by atoms with E-state index in [1.54, 1.807) is 37.4 Å². The maximum atomic E-state index is 14.9. The van der Waals surface area contributed by atoms with Gasteiger partial charge in [-0.1, -0.05) is 42.2 Å². The summed E-state index contributed by atoms with van der Waals surface area (Å²) in [4.78, 5) is 31.9. The van der Waals surface area contributed by atoms with E-state index in [4.69, 9.17) is 0 Å². The van der Waals surface area contributed by atoms with Gasteiger partial charge in [0.25, 0.3) is 0 Å². The van der Waals surface area contributed by atoms with Crippen molar-refractivity contribution in [1.29, 1.82) is 0 Å². The Morgan fingerprint density at radius 1 is 0.969 bits per heavy atom. The number of aromatic nitrogens is 1. The van der Waals surface area contributed by atoms with E-state index in [-0.39, 0.29) is 12.0 Å². The second-order valence-corrected chi connectivity index (χ2v) is 7.67. The molecule has 4 rings (SSSR count). The Kier molecular flexibility index (Phi) is 5.45. The quantitative estimate of drug-likeness (QED) is 0.563. The predicted molar refractivity (Wildman–Crippen MR) is 116 cm³/mol. The monoisotopic (exact) mass is 431 g/mol. The minimum absolute atomic E-state index is 0.0759. The van der Waals surface area contributed by atoms with Crippen LogP contribution in [0.3, 0.4) is 0 Å². The summed E-state index contributed by atoms with van der Waals surface area (Å²) in [6.07, 6.45) is 2.99. The lowest BCUT2D eigenvalue weighted by Gasteiger charge is -2.45. The van der Waals surface area contributed by atoms with E-state index < -0.39 is 34.8 Å². The number of rotatable bonds is 2. The first-order valence-electron chi connectivity index (χ1n) is 9.88. The van der Waals surface area contributed by atoms with Crippen molar-refractivity contribution in [3.8, 4) is 11.8 Å². The van der Waals surface area contributed by atoms with E-state index in [1.807, 2.05) is 18.2 Å². The number of imide groups is 1. The van der Waals surface area contributed by atoms with Crippen molar-refractivity contribution in [2.75, 3.05) is 11.9 Å². The Morgan fingerprint density at radius 3 is 2.25 bits per heavy atom. The number of carbonyl (C=O) groups excluding carboxylic acids is 2. The minimum atomic E-state index is -1.04. The Labute approximate surface area is 184 Å². The second-order valence-electron chi connectivity index (χ2n) is 7.67. The molecule has 1 fully saturated rings. The zero-order valence-electron chi connectivity index (χ0n) is 17.5. The van der Waals surface area contributed by atoms with E-state index in [9.17, 15) is 18.4 Å². The Bertz CT molecular complexity index is 1230. The van der Waals surface area contributed by atoms with Crippen LogP contribution in [0.4, 0.5) is 19.3 Å². The first-order valence-corrected chi connectivity index (χ1v) is 9.88.